The van der Waals surface area contributed by atoms with Crippen molar-refractivity contribution in [3.8, 4) is 0 Å². The number of benzene rings is 1. The molecule has 1 fully saturated rings. The predicted molar refractivity (Wildman–Crippen MR) is 96.8 cm³/mol. The first-order chi connectivity index (χ1) is 12.5. The van der Waals surface area contributed by atoms with Crippen molar-refractivity contribution in [3.05, 3.63) is 35.4 Å². The van der Waals surface area contributed by atoms with E-state index >= 15 is 0 Å². The number of oxime groups is 1. The van der Waals surface area contributed by atoms with Gasteiger partial charge >= 0.3 is 0 Å². The Bertz CT molecular complexity index is 698. The average Bonchev–Trinajstić information content (AvgIpc) is 3.31. The quantitative estimate of drug-likeness (QED) is 0.829. The summed E-state index contributed by atoms with van der Waals surface area (Å²) in [7, 11) is 1.60. The van der Waals surface area contributed by atoms with Gasteiger partial charge in [-0.3, -0.25) is 9.59 Å². The van der Waals surface area contributed by atoms with E-state index < -0.39 is 6.10 Å². The van der Waals surface area contributed by atoms with E-state index in [0.717, 1.165) is 36.3 Å². The van der Waals surface area contributed by atoms with Crippen molar-refractivity contribution in [1.29, 1.82) is 0 Å². The van der Waals surface area contributed by atoms with Gasteiger partial charge in [-0.05, 0) is 25.3 Å². The highest BCUT2D eigenvalue weighted by atomic mass is 16.6. The summed E-state index contributed by atoms with van der Waals surface area (Å²) >= 11 is 0. The Morgan fingerprint density at radius 3 is 2.88 bits per heavy atom. The standard InChI is InChI=1S/C19H25N3O4/c1-13-6-3-4-8-15(13)16-10-17(26-21-16)19(24)22(2)12-18(23)20-11-14-7-5-9-25-14/h3-4,6,8,14,17H,5,7,9-12H2,1-2H3,(H,20,23)/t14-,17-/m0/s1. The second-order valence-electron chi connectivity index (χ2n) is 6.78. The molecule has 1 aromatic carbocycles. The van der Waals surface area contributed by atoms with Gasteiger partial charge in [0.25, 0.3) is 5.91 Å². The zero-order chi connectivity index (χ0) is 18.5. The smallest absolute Gasteiger partial charge is 0.267 e. The summed E-state index contributed by atoms with van der Waals surface area (Å²) < 4.78 is 5.47. The predicted octanol–water partition coefficient (Wildman–Crippen LogP) is 1.24. The number of carbonyl (C=O) groups excluding carboxylic acids is 2. The molecule has 7 heteroatoms. The molecule has 0 bridgehead atoms. The second-order valence-corrected chi connectivity index (χ2v) is 6.78. The minimum absolute atomic E-state index is 0.00882. The molecule has 2 amide bonds. The van der Waals surface area contributed by atoms with Crippen molar-refractivity contribution in [2.24, 2.45) is 5.16 Å². The molecule has 1 saturated heterocycles. The Kier molecular flexibility index (Phi) is 5.88. The minimum atomic E-state index is -0.680. The zero-order valence-corrected chi connectivity index (χ0v) is 15.2. The summed E-state index contributed by atoms with van der Waals surface area (Å²) in [4.78, 5) is 31.3. The van der Waals surface area contributed by atoms with Gasteiger partial charge in [0.2, 0.25) is 12.0 Å². The van der Waals surface area contributed by atoms with E-state index in [0.29, 0.717) is 13.0 Å². The van der Waals surface area contributed by atoms with Crippen molar-refractivity contribution in [3.63, 3.8) is 0 Å². The number of carbonyl (C=O) groups is 2. The highest BCUT2D eigenvalue weighted by Crippen LogP contribution is 2.20. The van der Waals surface area contributed by atoms with Crippen molar-refractivity contribution in [1.82, 2.24) is 10.2 Å². The van der Waals surface area contributed by atoms with Crippen molar-refractivity contribution in [2.45, 2.75) is 38.4 Å². The number of amides is 2. The molecule has 26 heavy (non-hydrogen) atoms. The van der Waals surface area contributed by atoms with E-state index in [1.54, 1.807) is 7.05 Å². The molecule has 1 N–H and O–H groups in total. The van der Waals surface area contributed by atoms with Crippen LogP contribution < -0.4 is 5.32 Å². The van der Waals surface area contributed by atoms with Gasteiger partial charge in [0, 0.05) is 32.2 Å². The fraction of sp³-hybridized carbons (Fsp3) is 0.526. The first kappa shape index (κ1) is 18.4. The molecule has 2 atom stereocenters. The lowest BCUT2D eigenvalue weighted by molar-refractivity contribution is -0.143. The lowest BCUT2D eigenvalue weighted by Gasteiger charge is -2.20. The normalized spacial score (nSPS) is 21.8. The van der Waals surface area contributed by atoms with Crippen LogP contribution >= 0.6 is 0 Å². The third-order valence-electron chi connectivity index (χ3n) is 4.71. The number of hydrogen-bond acceptors (Lipinski definition) is 5. The van der Waals surface area contributed by atoms with Gasteiger partial charge in [-0.15, -0.1) is 0 Å². The summed E-state index contributed by atoms with van der Waals surface area (Å²) in [6.07, 6.45) is 1.81. The highest BCUT2D eigenvalue weighted by Gasteiger charge is 2.32. The van der Waals surface area contributed by atoms with Crippen LogP contribution in [-0.4, -0.2) is 61.4 Å². The van der Waals surface area contributed by atoms with E-state index in [1.165, 1.54) is 4.90 Å². The van der Waals surface area contributed by atoms with Crippen LogP contribution in [0.15, 0.2) is 29.4 Å². The minimum Gasteiger partial charge on any atom is -0.382 e. The number of nitrogens with zero attached hydrogens (tertiary/aromatic N) is 2. The molecule has 1 aromatic rings. The molecule has 0 saturated carbocycles. The highest BCUT2D eigenvalue weighted by molar-refractivity contribution is 6.05. The van der Waals surface area contributed by atoms with Gasteiger partial charge in [0.15, 0.2) is 0 Å². The molecule has 2 aliphatic heterocycles. The van der Waals surface area contributed by atoms with Crippen LogP contribution in [0.2, 0.25) is 0 Å². The monoisotopic (exact) mass is 359 g/mol. The van der Waals surface area contributed by atoms with Gasteiger partial charge < -0.3 is 19.8 Å². The Balaban J connectivity index is 1.47. The molecule has 3 rings (SSSR count). The molecule has 0 aliphatic carbocycles. The van der Waals surface area contributed by atoms with Crippen molar-refractivity contribution >= 4 is 17.5 Å². The van der Waals surface area contributed by atoms with Gasteiger partial charge in [-0.2, -0.15) is 0 Å². The van der Waals surface area contributed by atoms with Gasteiger partial charge in [-0.25, -0.2) is 0 Å². The van der Waals surface area contributed by atoms with Gasteiger partial charge in [-0.1, -0.05) is 29.4 Å². The molecule has 0 radical (unpaired) electrons. The lowest BCUT2D eigenvalue weighted by Crippen LogP contribution is -2.44. The first-order valence-electron chi connectivity index (χ1n) is 8.96. The molecule has 0 unspecified atom stereocenters. The molecule has 140 valence electrons. The Hall–Kier alpha value is -2.41. The second kappa shape index (κ2) is 8.31. The van der Waals surface area contributed by atoms with Crippen molar-refractivity contribution in [2.75, 3.05) is 26.7 Å². The number of nitrogens with one attached hydrogen (secondary N) is 1. The molecule has 2 heterocycles. The maximum absolute atomic E-state index is 12.5. The van der Waals surface area contributed by atoms with E-state index in [-0.39, 0.29) is 24.5 Å². The summed E-state index contributed by atoms with van der Waals surface area (Å²) in [6, 6.07) is 7.86. The fourth-order valence-electron chi connectivity index (χ4n) is 3.19. The molecular weight excluding hydrogens is 334 g/mol. The van der Waals surface area contributed by atoms with Crippen LogP contribution in [0.1, 0.15) is 30.4 Å². The number of rotatable bonds is 6. The number of aryl methyl sites for hydroxylation is 1. The summed E-state index contributed by atoms with van der Waals surface area (Å²) in [5.74, 6) is -0.445. The fourth-order valence-corrected chi connectivity index (χ4v) is 3.19. The number of ether oxygens (including phenoxy) is 1. The lowest BCUT2D eigenvalue weighted by atomic mass is 10.00. The summed E-state index contributed by atoms with van der Waals surface area (Å²) in [5.41, 5.74) is 2.84. The molecular formula is C19H25N3O4. The van der Waals surface area contributed by atoms with E-state index in [4.69, 9.17) is 9.57 Å². The van der Waals surface area contributed by atoms with Crippen LogP contribution in [-0.2, 0) is 19.2 Å². The van der Waals surface area contributed by atoms with Crippen LogP contribution in [0, 0.1) is 6.92 Å². The summed E-state index contributed by atoms with van der Waals surface area (Å²) in [6.45, 7) is 3.23. The molecule has 0 aromatic heterocycles. The first-order valence-corrected chi connectivity index (χ1v) is 8.96. The third-order valence-corrected chi connectivity index (χ3v) is 4.71. The Labute approximate surface area is 153 Å². The zero-order valence-electron chi connectivity index (χ0n) is 15.2. The van der Waals surface area contributed by atoms with E-state index in [2.05, 4.69) is 10.5 Å². The van der Waals surface area contributed by atoms with Gasteiger partial charge in [0.1, 0.15) is 0 Å². The number of likely N-dealkylation sites (N-methyl/N-ethyl adjacent to an activating group) is 1. The van der Waals surface area contributed by atoms with Crippen LogP contribution in [0.3, 0.4) is 0 Å². The summed E-state index contributed by atoms with van der Waals surface area (Å²) in [5, 5.41) is 6.89. The molecule has 0 spiro atoms. The Morgan fingerprint density at radius 1 is 1.35 bits per heavy atom. The van der Waals surface area contributed by atoms with Crippen LogP contribution in [0.5, 0.6) is 0 Å². The van der Waals surface area contributed by atoms with Gasteiger partial charge in [0.05, 0.1) is 18.4 Å². The third kappa shape index (κ3) is 4.40. The van der Waals surface area contributed by atoms with Crippen molar-refractivity contribution < 1.29 is 19.2 Å². The van der Waals surface area contributed by atoms with Crippen LogP contribution in [0.25, 0.3) is 0 Å². The molecule has 7 nitrogen and oxygen atoms in total. The Morgan fingerprint density at radius 2 is 2.15 bits per heavy atom. The SMILES string of the molecule is Cc1ccccc1C1=NO[C@H](C(=O)N(C)CC(=O)NC[C@@H]2CCCO2)C1. The molecule has 2 aliphatic rings. The number of hydrogen-bond donors (Lipinski definition) is 1. The maximum atomic E-state index is 12.5. The topological polar surface area (TPSA) is 80.2 Å². The van der Waals surface area contributed by atoms with E-state index in [9.17, 15) is 9.59 Å². The van der Waals surface area contributed by atoms with Crippen LogP contribution in [0.4, 0.5) is 0 Å². The maximum Gasteiger partial charge on any atom is 0.267 e. The largest absolute Gasteiger partial charge is 0.382 e. The van der Waals surface area contributed by atoms with E-state index in [1.807, 2.05) is 31.2 Å². The average molecular weight is 359 g/mol.